The topological polar surface area (TPSA) is 70.2 Å². The average molecular weight is 227 g/mol. The van der Waals surface area contributed by atoms with Crippen molar-refractivity contribution >= 4 is 11.8 Å². The van der Waals surface area contributed by atoms with Crippen LogP contribution in [-0.2, 0) is 9.59 Å². The van der Waals surface area contributed by atoms with Gasteiger partial charge in [-0.3, -0.25) is 9.59 Å². The minimum absolute atomic E-state index is 0.0725. The minimum atomic E-state index is -0.457. The van der Waals surface area contributed by atoms with Crippen LogP contribution in [0.1, 0.15) is 33.1 Å². The van der Waals surface area contributed by atoms with Crippen molar-refractivity contribution in [3.05, 3.63) is 0 Å². The molecule has 16 heavy (non-hydrogen) atoms. The number of carbonyl (C=O) groups is 2. The van der Waals surface area contributed by atoms with Gasteiger partial charge in [0.2, 0.25) is 11.8 Å². The lowest BCUT2D eigenvalue weighted by molar-refractivity contribution is -0.129. The van der Waals surface area contributed by atoms with Crippen LogP contribution >= 0.6 is 0 Å². The number of rotatable bonds is 5. The molecule has 0 aromatic rings. The predicted molar refractivity (Wildman–Crippen MR) is 61.9 cm³/mol. The van der Waals surface area contributed by atoms with Crippen molar-refractivity contribution in [2.45, 2.75) is 45.2 Å². The number of nitrogens with one attached hydrogen (secondary N) is 3. The van der Waals surface area contributed by atoms with Crippen LogP contribution in [0.15, 0.2) is 0 Å². The SMILES string of the molecule is CCCNC(=O)C(C)NC(=O)[C@H]1CCCN1. The van der Waals surface area contributed by atoms with Crippen molar-refractivity contribution in [1.82, 2.24) is 16.0 Å². The molecule has 1 rings (SSSR count). The normalized spacial score (nSPS) is 21.5. The first kappa shape index (κ1) is 13.0. The average Bonchev–Trinajstić information content (AvgIpc) is 2.79. The predicted octanol–water partition coefficient (Wildman–Crippen LogP) is -0.231. The van der Waals surface area contributed by atoms with E-state index in [1.807, 2.05) is 6.92 Å². The quantitative estimate of drug-likeness (QED) is 0.607. The van der Waals surface area contributed by atoms with Gasteiger partial charge < -0.3 is 16.0 Å². The number of carbonyl (C=O) groups excluding carboxylic acids is 2. The fraction of sp³-hybridized carbons (Fsp3) is 0.818. The molecule has 1 aliphatic heterocycles. The Bertz CT molecular complexity index is 250. The van der Waals surface area contributed by atoms with Crippen LogP contribution in [0.2, 0.25) is 0 Å². The van der Waals surface area contributed by atoms with Gasteiger partial charge in [-0.05, 0) is 32.7 Å². The van der Waals surface area contributed by atoms with Crippen LogP contribution in [-0.4, -0.2) is 37.0 Å². The van der Waals surface area contributed by atoms with Gasteiger partial charge in [0.05, 0.1) is 6.04 Å². The zero-order valence-corrected chi connectivity index (χ0v) is 10.0. The molecular formula is C11H21N3O2. The van der Waals surface area contributed by atoms with E-state index in [4.69, 9.17) is 0 Å². The molecular weight excluding hydrogens is 206 g/mol. The first-order chi connectivity index (χ1) is 7.65. The van der Waals surface area contributed by atoms with E-state index < -0.39 is 6.04 Å². The van der Waals surface area contributed by atoms with E-state index >= 15 is 0 Å². The van der Waals surface area contributed by atoms with Gasteiger partial charge >= 0.3 is 0 Å². The van der Waals surface area contributed by atoms with E-state index in [1.165, 1.54) is 0 Å². The molecule has 0 radical (unpaired) electrons. The highest BCUT2D eigenvalue weighted by Crippen LogP contribution is 2.04. The molecule has 0 aromatic carbocycles. The highest BCUT2D eigenvalue weighted by Gasteiger charge is 2.24. The Morgan fingerprint density at radius 2 is 2.25 bits per heavy atom. The fourth-order valence-corrected chi connectivity index (χ4v) is 1.69. The summed E-state index contributed by atoms with van der Waals surface area (Å²) in [5.41, 5.74) is 0. The zero-order valence-electron chi connectivity index (χ0n) is 10.0. The number of amides is 2. The summed E-state index contributed by atoms with van der Waals surface area (Å²) >= 11 is 0. The molecule has 0 saturated carbocycles. The standard InChI is InChI=1S/C11H21N3O2/c1-3-6-13-10(15)8(2)14-11(16)9-5-4-7-12-9/h8-9,12H,3-7H2,1-2H3,(H,13,15)(H,14,16)/t8?,9-/m1/s1. The van der Waals surface area contributed by atoms with Crippen molar-refractivity contribution < 1.29 is 9.59 Å². The largest absolute Gasteiger partial charge is 0.354 e. The molecule has 5 heteroatoms. The number of hydrogen-bond donors (Lipinski definition) is 3. The molecule has 1 heterocycles. The molecule has 3 N–H and O–H groups in total. The van der Waals surface area contributed by atoms with Crippen molar-refractivity contribution in [2.24, 2.45) is 0 Å². The molecule has 1 unspecified atom stereocenters. The molecule has 1 fully saturated rings. The van der Waals surface area contributed by atoms with Gasteiger partial charge in [-0.25, -0.2) is 0 Å². The molecule has 2 amide bonds. The Morgan fingerprint density at radius 1 is 1.50 bits per heavy atom. The van der Waals surface area contributed by atoms with Crippen molar-refractivity contribution in [3.8, 4) is 0 Å². The first-order valence-corrected chi connectivity index (χ1v) is 5.96. The Balaban J connectivity index is 2.29. The maximum absolute atomic E-state index is 11.7. The van der Waals surface area contributed by atoms with Crippen LogP contribution in [0.5, 0.6) is 0 Å². The summed E-state index contributed by atoms with van der Waals surface area (Å²) < 4.78 is 0. The van der Waals surface area contributed by atoms with Crippen LogP contribution in [0.3, 0.4) is 0 Å². The monoisotopic (exact) mass is 227 g/mol. The summed E-state index contributed by atoms with van der Waals surface area (Å²) in [5, 5.41) is 8.57. The maximum Gasteiger partial charge on any atom is 0.242 e. The first-order valence-electron chi connectivity index (χ1n) is 5.96. The van der Waals surface area contributed by atoms with Gasteiger partial charge in [-0.2, -0.15) is 0 Å². The lowest BCUT2D eigenvalue weighted by Crippen LogP contribution is -2.50. The summed E-state index contributed by atoms with van der Waals surface area (Å²) in [5.74, 6) is -0.190. The second-order valence-electron chi connectivity index (χ2n) is 4.17. The number of hydrogen-bond acceptors (Lipinski definition) is 3. The van der Waals surface area contributed by atoms with Crippen molar-refractivity contribution in [1.29, 1.82) is 0 Å². The fourth-order valence-electron chi connectivity index (χ4n) is 1.69. The van der Waals surface area contributed by atoms with Gasteiger partial charge in [0.15, 0.2) is 0 Å². The smallest absolute Gasteiger partial charge is 0.242 e. The van der Waals surface area contributed by atoms with Gasteiger partial charge in [0.25, 0.3) is 0 Å². The minimum Gasteiger partial charge on any atom is -0.354 e. The van der Waals surface area contributed by atoms with E-state index in [1.54, 1.807) is 6.92 Å². The van der Waals surface area contributed by atoms with E-state index in [0.29, 0.717) is 6.54 Å². The highest BCUT2D eigenvalue weighted by atomic mass is 16.2. The summed E-state index contributed by atoms with van der Waals surface area (Å²) in [4.78, 5) is 23.2. The molecule has 0 spiro atoms. The third-order valence-electron chi connectivity index (χ3n) is 2.68. The molecule has 1 aliphatic rings. The third kappa shape index (κ3) is 3.81. The molecule has 2 atom stereocenters. The molecule has 0 aliphatic carbocycles. The van der Waals surface area contributed by atoms with Gasteiger partial charge in [-0.15, -0.1) is 0 Å². The lowest BCUT2D eigenvalue weighted by Gasteiger charge is -2.16. The van der Waals surface area contributed by atoms with Gasteiger partial charge in [0.1, 0.15) is 6.04 Å². The summed E-state index contributed by atoms with van der Waals surface area (Å²) in [7, 11) is 0. The van der Waals surface area contributed by atoms with Gasteiger partial charge in [0, 0.05) is 6.54 Å². The van der Waals surface area contributed by atoms with E-state index in [-0.39, 0.29) is 17.9 Å². The summed E-state index contributed by atoms with van der Waals surface area (Å²) in [6.07, 6.45) is 2.78. The summed E-state index contributed by atoms with van der Waals surface area (Å²) in [6.45, 7) is 5.24. The Hall–Kier alpha value is -1.10. The lowest BCUT2D eigenvalue weighted by atomic mass is 10.2. The van der Waals surface area contributed by atoms with Gasteiger partial charge in [-0.1, -0.05) is 6.92 Å². The second-order valence-corrected chi connectivity index (χ2v) is 4.17. The van der Waals surface area contributed by atoms with E-state index in [9.17, 15) is 9.59 Å². The van der Waals surface area contributed by atoms with Crippen LogP contribution in [0, 0.1) is 0 Å². The van der Waals surface area contributed by atoms with Crippen molar-refractivity contribution in [2.75, 3.05) is 13.1 Å². The molecule has 0 aromatic heterocycles. The molecule has 1 saturated heterocycles. The van der Waals surface area contributed by atoms with E-state index in [0.717, 1.165) is 25.8 Å². The Labute approximate surface area is 96.4 Å². The maximum atomic E-state index is 11.7. The highest BCUT2D eigenvalue weighted by molar-refractivity contribution is 5.89. The van der Waals surface area contributed by atoms with Crippen LogP contribution < -0.4 is 16.0 Å². The Morgan fingerprint density at radius 3 is 2.81 bits per heavy atom. The second kappa shape index (κ2) is 6.48. The Kier molecular flexibility index (Phi) is 5.25. The molecule has 5 nitrogen and oxygen atoms in total. The van der Waals surface area contributed by atoms with Crippen molar-refractivity contribution in [3.63, 3.8) is 0 Å². The molecule has 0 bridgehead atoms. The zero-order chi connectivity index (χ0) is 12.0. The molecule has 92 valence electrons. The van der Waals surface area contributed by atoms with Crippen LogP contribution in [0.25, 0.3) is 0 Å². The third-order valence-corrected chi connectivity index (χ3v) is 2.68. The van der Waals surface area contributed by atoms with E-state index in [2.05, 4.69) is 16.0 Å². The van der Waals surface area contributed by atoms with Crippen LogP contribution in [0.4, 0.5) is 0 Å². The summed E-state index contributed by atoms with van der Waals surface area (Å²) in [6, 6.07) is -0.581.